The van der Waals surface area contributed by atoms with Crippen molar-refractivity contribution < 1.29 is 0 Å². The molecule has 2 N–H and O–H groups in total. The molecule has 1 aromatic heterocycles. The summed E-state index contributed by atoms with van der Waals surface area (Å²) in [5, 5.41) is 4.29. The molecule has 0 bridgehead atoms. The van der Waals surface area contributed by atoms with E-state index in [2.05, 4.69) is 27.7 Å². The average Bonchev–Trinajstić information content (AvgIpc) is 2.52. The molecular formula is C10H16IN3. The highest BCUT2D eigenvalue weighted by atomic mass is 127. The van der Waals surface area contributed by atoms with Crippen LogP contribution in [0.15, 0.2) is 6.20 Å². The lowest BCUT2D eigenvalue weighted by atomic mass is 9.89. The van der Waals surface area contributed by atoms with E-state index in [1.807, 2.05) is 10.9 Å². The van der Waals surface area contributed by atoms with E-state index in [0.29, 0.717) is 0 Å². The van der Waals surface area contributed by atoms with Crippen molar-refractivity contribution in [2.45, 2.75) is 38.6 Å². The van der Waals surface area contributed by atoms with Crippen molar-refractivity contribution >= 4 is 28.4 Å². The van der Waals surface area contributed by atoms with Gasteiger partial charge in [0.05, 0.1) is 9.77 Å². The van der Waals surface area contributed by atoms with Crippen LogP contribution < -0.4 is 5.73 Å². The van der Waals surface area contributed by atoms with E-state index in [-0.39, 0.29) is 0 Å². The number of hydrogen-bond donors (Lipinski definition) is 1. The zero-order valence-corrected chi connectivity index (χ0v) is 10.4. The minimum Gasteiger partial charge on any atom is -0.383 e. The maximum Gasteiger partial charge on any atom is 0.135 e. The predicted molar refractivity (Wildman–Crippen MR) is 65.9 cm³/mol. The highest BCUT2D eigenvalue weighted by Crippen LogP contribution is 2.26. The molecule has 0 aromatic carbocycles. The molecule has 0 amide bonds. The Morgan fingerprint density at radius 3 is 2.71 bits per heavy atom. The molecule has 0 saturated heterocycles. The number of anilines is 1. The van der Waals surface area contributed by atoms with Gasteiger partial charge in [-0.1, -0.05) is 19.3 Å². The standard InChI is InChI=1S/C10H16IN3/c11-9-6-13-14(10(9)12)7-8-4-2-1-3-5-8/h6,8H,1-5,7,12H2. The summed E-state index contributed by atoms with van der Waals surface area (Å²) in [6.07, 6.45) is 8.69. The first-order chi connectivity index (χ1) is 6.77. The Balaban J connectivity index is 1.99. The average molecular weight is 305 g/mol. The fourth-order valence-electron chi connectivity index (χ4n) is 2.13. The Kier molecular flexibility index (Phi) is 3.30. The lowest BCUT2D eigenvalue weighted by Crippen LogP contribution is -2.16. The van der Waals surface area contributed by atoms with Gasteiger partial charge in [-0.05, 0) is 41.4 Å². The zero-order chi connectivity index (χ0) is 9.97. The number of halogens is 1. The SMILES string of the molecule is Nc1c(I)cnn1CC1CCCCC1. The van der Waals surface area contributed by atoms with Crippen molar-refractivity contribution in [1.29, 1.82) is 0 Å². The third-order valence-corrected chi connectivity index (χ3v) is 3.82. The zero-order valence-electron chi connectivity index (χ0n) is 8.25. The van der Waals surface area contributed by atoms with E-state index in [9.17, 15) is 0 Å². The molecule has 2 rings (SSSR count). The first-order valence-electron chi connectivity index (χ1n) is 5.24. The summed E-state index contributed by atoms with van der Waals surface area (Å²) < 4.78 is 3.02. The molecule has 0 aliphatic heterocycles. The van der Waals surface area contributed by atoms with Gasteiger partial charge in [0.2, 0.25) is 0 Å². The van der Waals surface area contributed by atoms with Gasteiger partial charge in [0, 0.05) is 6.54 Å². The van der Waals surface area contributed by atoms with Crippen LogP contribution in [0.1, 0.15) is 32.1 Å². The molecule has 14 heavy (non-hydrogen) atoms. The van der Waals surface area contributed by atoms with Crippen LogP contribution in [0.4, 0.5) is 5.82 Å². The van der Waals surface area contributed by atoms with Gasteiger partial charge in [0.15, 0.2) is 0 Å². The number of aromatic nitrogens is 2. The van der Waals surface area contributed by atoms with Crippen molar-refractivity contribution in [1.82, 2.24) is 9.78 Å². The van der Waals surface area contributed by atoms with Crippen molar-refractivity contribution in [3.8, 4) is 0 Å². The maximum atomic E-state index is 5.91. The molecule has 0 unspecified atom stereocenters. The molecule has 4 heteroatoms. The van der Waals surface area contributed by atoms with Crippen LogP contribution in [0.2, 0.25) is 0 Å². The molecule has 1 aliphatic rings. The first-order valence-corrected chi connectivity index (χ1v) is 6.32. The second-order valence-electron chi connectivity index (χ2n) is 4.06. The van der Waals surface area contributed by atoms with Crippen LogP contribution in [0.5, 0.6) is 0 Å². The summed E-state index contributed by atoms with van der Waals surface area (Å²) in [6.45, 7) is 1.01. The van der Waals surface area contributed by atoms with E-state index < -0.39 is 0 Å². The fraction of sp³-hybridized carbons (Fsp3) is 0.700. The number of nitrogens with two attached hydrogens (primary N) is 1. The van der Waals surface area contributed by atoms with Gasteiger partial charge in [0.1, 0.15) is 5.82 Å². The van der Waals surface area contributed by atoms with Gasteiger partial charge in [-0.25, -0.2) is 4.68 Å². The minimum atomic E-state index is 0.793. The molecule has 3 nitrogen and oxygen atoms in total. The largest absolute Gasteiger partial charge is 0.383 e. The number of hydrogen-bond acceptors (Lipinski definition) is 2. The predicted octanol–water partition coefficient (Wildman–Crippen LogP) is 2.65. The second-order valence-corrected chi connectivity index (χ2v) is 5.23. The molecule has 1 aromatic rings. The monoisotopic (exact) mass is 305 g/mol. The van der Waals surface area contributed by atoms with E-state index in [0.717, 1.165) is 21.9 Å². The van der Waals surface area contributed by atoms with Crippen molar-refractivity contribution in [3.05, 3.63) is 9.77 Å². The molecule has 78 valence electrons. The Labute approximate surface area is 98.2 Å². The molecular weight excluding hydrogens is 289 g/mol. The summed E-state index contributed by atoms with van der Waals surface area (Å²) in [4.78, 5) is 0. The van der Waals surface area contributed by atoms with Crippen LogP contribution in [-0.2, 0) is 6.54 Å². The van der Waals surface area contributed by atoms with Gasteiger partial charge in [-0.3, -0.25) is 0 Å². The highest BCUT2D eigenvalue weighted by molar-refractivity contribution is 14.1. The van der Waals surface area contributed by atoms with E-state index >= 15 is 0 Å². The lowest BCUT2D eigenvalue weighted by Gasteiger charge is -2.21. The molecule has 1 aliphatic carbocycles. The second kappa shape index (κ2) is 4.51. The Morgan fingerprint density at radius 1 is 1.43 bits per heavy atom. The van der Waals surface area contributed by atoms with E-state index in [1.165, 1.54) is 32.1 Å². The summed E-state index contributed by atoms with van der Waals surface area (Å²) in [5.41, 5.74) is 5.91. The maximum absolute atomic E-state index is 5.91. The van der Waals surface area contributed by atoms with Crippen molar-refractivity contribution in [2.24, 2.45) is 5.92 Å². The third-order valence-electron chi connectivity index (χ3n) is 2.99. The van der Waals surface area contributed by atoms with Crippen LogP contribution in [0.3, 0.4) is 0 Å². The number of rotatable bonds is 2. The summed E-state index contributed by atoms with van der Waals surface area (Å²) in [7, 11) is 0. The quantitative estimate of drug-likeness (QED) is 0.854. The van der Waals surface area contributed by atoms with Gasteiger partial charge >= 0.3 is 0 Å². The van der Waals surface area contributed by atoms with Gasteiger partial charge in [0.25, 0.3) is 0 Å². The molecule has 1 saturated carbocycles. The van der Waals surface area contributed by atoms with Crippen LogP contribution in [-0.4, -0.2) is 9.78 Å². The Hall–Kier alpha value is -0.260. The van der Waals surface area contributed by atoms with Gasteiger partial charge < -0.3 is 5.73 Å². The topological polar surface area (TPSA) is 43.8 Å². The third kappa shape index (κ3) is 2.21. The van der Waals surface area contributed by atoms with Crippen molar-refractivity contribution in [2.75, 3.05) is 5.73 Å². The first kappa shape index (κ1) is 10.3. The van der Waals surface area contributed by atoms with Crippen molar-refractivity contribution in [3.63, 3.8) is 0 Å². The Morgan fingerprint density at radius 2 is 2.14 bits per heavy atom. The van der Waals surface area contributed by atoms with Crippen LogP contribution in [0.25, 0.3) is 0 Å². The van der Waals surface area contributed by atoms with Gasteiger partial charge in [-0.15, -0.1) is 0 Å². The summed E-state index contributed by atoms with van der Waals surface area (Å²) in [6, 6.07) is 0. The van der Waals surface area contributed by atoms with Gasteiger partial charge in [-0.2, -0.15) is 5.10 Å². The molecule has 0 radical (unpaired) electrons. The number of nitrogens with zero attached hydrogens (tertiary/aromatic N) is 2. The minimum absolute atomic E-state index is 0.793. The van der Waals surface area contributed by atoms with E-state index in [1.54, 1.807) is 0 Å². The molecule has 0 spiro atoms. The smallest absolute Gasteiger partial charge is 0.135 e. The lowest BCUT2D eigenvalue weighted by molar-refractivity contribution is 0.310. The summed E-state index contributed by atoms with van der Waals surface area (Å²) >= 11 is 2.23. The molecule has 0 atom stereocenters. The molecule has 1 fully saturated rings. The normalized spacial score (nSPS) is 18.6. The summed E-state index contributed by atoms with van der Waals surface area (Å²) in [5.74, 6) is 1.62. The Bertz CT molecular complexity index is 302. The fourth-order valence-corrected chi connectivity index (χ4v) is 2.53. The highest BCUT2D eigenvalue weighted by Gasteiger charge is 2.15. The van der Waals surface area contributed by atoms with E-state index in [4.69, 9.17) is 5.73 Å². The van der Waals surface area contributed by atoms with Crippen LogP contribution in [0, 0.1) is 9.49 Å². The molecule has 1 heterocycles. The van der Waals surface area contributed by atoms with Crippen LogP contribution >= 0.6 is 22.6 Å². The number of nitrogen functional groups attached to an aromatic ring is 1.